The van der Waals surface area contributed by atoms with Crippen molar-refractivity contribution in [2.24, 2.45) is 0 Å². The Morgan fingerprint density at radius 3 is 2.12 bits per heavy atom. The Labute approximate surface area is 298 Å². The second kappa shape index (κ2) is 16.7. The van der Waals surface area contributed by atoms with E-state index < -0.39 is 17.1 Å². The van der Waals surface area contributed by atoms with Gasteiger partial charge in [0.05, 0.1) is 30.0 Å². The molecular formula is C38H31Cl2N3O5S. The molecule has 3 N–H and O–H groups in total. The van der Waals surface area contributed by atoms with Gasteiger partial charge in [-0.1, -0.05) is 77.8 Å². The molecule has 0 bridgehead atoms. The SMILES string of the molecule is COc1ccc(OC)c(/C=C(\NC(=O)c2ccccc2)C(=O)Nc2ccc(SC(C(=O)Nc3cccc(Cl)c3Cl)c3ccccc3)cc2)c1. The molecule has 1 unspecified atom stereocenters. The molecule has 5 aromatic carbocycles. The molecule has 0 aromatic heterocycles. The number of anilines is 2. The Hall–Kier alpha value is -5.22. The van der Waals surface area contributed by atoms with E-state index in [0.717, 1.165) is 10.5 Å². The highest BCUT2D eigenvalue weighted by atomic mass is 35.5. The first-order valence-corrected chi connectivity index (χ1v) is 16.6. The highest BCUT2D eigenvalue weighted by Gasteiger charge is 2.24. The lowest BCUT2D eigenvalue weighted by atomic mass is 10.1. The molecule has 0 heterocycles. The Balaban J connectivity index is 1.37. The van der Waals surface area contributed by atoms with Crippen LogP contribution in [0.15, 0.2) is 132 Å². The van der Waals surface area contributed by atoms with Gasteiger partial charge in [-0.15, -0.1) is 11.8 Å². The van der Waals surface area contributed by atoms with Crippen LogP contribution in [0.5, 0.6) is 11.5 Å². The topological polar surface area (TPSA) is 106 Å². The normalized spacial score (nSPS) is 11.6. The van der Waals surface area contributed by atoms with Gasteiger partial charge in [0.1, 0.15) is 22.4 Å². The van der Waals surface area contributed by atoms with Crippen molar-refractivity contribution in [3.63, 3.8) is 0 Å². The Kier molecular flexibility index (Phi) is 12.0. The van der Waals surface area contributed by atoms with Crippen molar-refractivity contribution in [3.05, 3.63) is 154 Å². The summed E-state index contributed by atoms with van der Waals surface area (Å²) in [6.45, 7) is 0. The molecule has 0 fully saturated rings. The van der Waals surface area contributed by atoms with Crippen molar-refractivity contribution < 1.29 is 23.9 Å². The zero-order chi connectivity index (χ0) is 34.8. The molecular weight excluding hydrogens is 681 g/mol. The van der Waals surface area contributed by atoms with E-state index in [-0.39, 0.29) is 16.6 Å². The average molecular weight is 713 g/mol. The second-order valence-corrected chi connectivity index (χ2v) is 12.4. The van der Waals surface area contributed by atoms with E-state index in [1.54, 1.807) is 91.0 Å². The smallest absolute Gasteiger partial charge is 0.272 e. The summed E-state index contributed by atoms with van der Waals surface area (Å²) in [6.07, 6.45) is 1.52. The molecule has 0 radical (unpaired) electrons. The zero-order valence-corrected chi connectivity index (χ0v) is 28.7. The van der Waals surface area contributed by atoms with Crippen molar-refractivity contribution in [1.29, 1.82) is 0 Å². The molecule has 1 atom stereocenters. The number of thioether (sulfide) groups is 1. The minimum Gasteiger partial charge on any atom is -0.497 e. The number of hydrogen-bond donors (Lipinski definition) is 3. The number of benzene rings is 5. The number of ether oxygens (including phenoxy) is 2. The lowest BCUT2D eigenvalue weighted by Crippen LogP contribution is -2.30. The molecule has 248 valence electrons. The summed E-state index contributed by atoms with van der Waals surface area (Å²) in [5.41, 5.74) is 2.56. The molecule has 0 spiro atoms. The molecule has 0 aliphatic heterocycles. The predicted octanol–water partition coefficient (Wildman–Crippen LogP) is 8.89. The number of amides is 3. The number of rotatable bonds is 12. The van der Waals surface area contributed by atoms with Gasteiger partial charge in [0, 0.05) is 21.7 Å². The van der Waals surface area contributed by atoms with Crippen LogP contribution in [0.1, 0.15) is 26.7 Å². The zero-order valence-electron chi connectivity index (χ0n) is 26.4. The first-order chi connectivity index (χ1) is 23.7. The van der Waals surface area contributed by atoms with E-state index >= 15 is 0 Å². The molecule has 0 aliphatic carbocycles. The fourth-order valence-electron chi connectivity index (χ4n) is 4.70. The minimum atomic E-state index is -0.628. The predicted molar refractivity (Wildman–Crippen MR) is 197 cm³/mol. The molecule has 11 heteroatoms. The lowest BCUT2D eigenvalue weighted by molar-refractivity contribution is -0.116. The fraction of sp³-hybridized carbons (Fsp3) is 0.0789. The Morgan fingerprint density at radius 2 is 1.45 bits per heavy atom. The summed E-state index contributed by atoms with van der Waals surface area (Å²) in [6, 6.07) is 35.2. The maximum atomic E-state index is 13.7. The van der Waals surface area contributed by atoms with Crippen LogP contribution < -0.4 is 25.4 Å². The van der Waals surface area contributed by atoms with Crippen LogP contribution in [0, 0.1) is 0 Å². The van der Waals surface area contributed by atoms with Gasteiger partial charge in [0.15, 0.2) is 0 Å². The molecule has 5 aromatic rings. The number of nitrogens with one attached hydrogen (secondary N) is 3. The number of halogens is 2. The van der Waals surface area contributed by atoms with Crippen molar-refractivity contribution in [2.75, 3.05) is 24.9 Å². The molecule has 49 heavy (non-hydrogen) atoms. The monoisotopic (exact) mass is 711 g/mol. The van der Waals surface area contributed by atoms with Crippen LogP contribution in [0.2, 0.25) is 10.0 Å². The van der Waals surface area contributed by atoms with E-state index in [0.29, 0.717) is 39.0 Å². The highest BCUT2D eigenvalue weighted by Crippen LogP contribution is 2.38. The lowest BCUT2D eigenvalue weighted by Gasteiger charge is -2.18. The molecule has 0 saturated heterocycles. The van der Waals surface area contributed by atoms with Crippen LogP contribution in [0.3, 0.4) is 0 Å². The third-order valence-corrected chi connectivity index (χ3v) is 9.27. The number of carbonyl (C=O) groups is 3. The third-order valence-electron chi connectivity index (χ3n) is 7.18. The van der Waals surface area contributed by atoms with Gasteiger partial charge in [0.25, 0.3) is 11.8 Å². The van der Waals surface area contributed by atoms with E-state index in [2.05, 4.69) is 16.0 Å². The quantitative estimate of drug-likeness (QED) is 0.0882. The largest absolute Gasteiger partial charge is 0.497 e. The molecule has 8 nitrogen and oxygen atoms in total. The summed E-state index contributed by atoms with van der Waals surface area (Å²) in [5, 5.41) is 8.44. The summed E-state index contributed by atoms with van der Waals surface area (Å²) in [7, 11) is 3.05. The standard InChI is InChI=1S/C38H31Cl2N3O5S/c1-47-28-18-21-33(48-2)26(22-28)23-32(43-36(44)25-12-7-4-8-13-25)37(45)41-27-16-19-29(20-17-27)49-35(24-10-5-3-6-11-24)38(46)42-31-15-9-14-30(39)34(31)40/h3-23,35H,1-2H3,(H,41,45)(H,42,46)(H,43,44)/b32-23-. The summed E-state index contributed by atoms with van der Waals surface area (Å²) >= 11 is 13.8. The number of carbonyl (C=O) groups excluding carboxylic acids is 3. The molecule has 0 aliphatic rings. The summed E-state index contributed by atoms with van der Waals surface area (Å²) in [4.78, 5) is 41.1. The summed E-state index contributed by atoms with van der Waals surface area (Å²) < 4.78 is 10.8. The Morgan fingerprint density at radius 1 is 0.755 bits per heavy atom. The van der Waals surface area contributed by atoms with Gasteiger partial charge in [-0.25, -0.2) is 0 Å². The van der Waals surface area contributed by atoms with E-state index in [9.17, 15) is 14.4 Å². The van der Waals surface area contributed by atoms with Gasteiger partial charge in [-0.2, -0.15) is 0 Å². The molecule has 0 saturated carbocycles. The van der Waals surface area contributed by atoms with Crippen LogP contribution in [0.4, 0.5) is 11.4 Å². The van der Waals surface area contributed by atoms with Crippen LogP contribution in [-0.2, 0) is 9.59 Å². The maximum Gasteiger partial charge on any atom is 0.272 e. The van der Waals surface area contributed by atoms with Crippen LogP contribution in [-0.4, -0.2) is 31.9 Å². The first-order valence-electron chi connectivity index (χ1n) is 14.9. The summed E-state index contributed by atoms with van der Waals surface area (Å²) in [5.74, 6) is -0.271. The van der Waals surface area contributed by atoms with Crippen LogP contribution in [0.25, 0.3) is 6.08 Å². The second-order valence-electron chi connectivity index (χ2n) is 10.5. The number of hydrogen-bond acceptors (Lipinski definition) is 6. The Bertz CT molecular complexity index is 1970. The van der Waals surface area contributed by atoms with Crippen molar-refractivity contribution in [3.8, 4) is 11.5 Å². The molecule has 3 amide bonds. The van der Waals surface area contributed by atoms with Gasteiger partial charge >= 0.3 is 0 Å². The minimum absolute atomic E-state index is 0.0145. The highest BCUT2D eigenvalue weighted by molar-refractivity contribution is 8.00. The van der Waals surface area contributed by atoms with Gasteiger partial charge < -0.3 is 25.4 Å². The van der Waals surface area contributed by atoms with Crippen molar-refractivity contribution in [2.45, 2.75) is 10.1 Å². The maximum absolute atomic E-state index is 13.7. The van der Waals surface area contributed by atoms with Gasteiger partial charge in [-0.05, 0) is 78.4 Å². The first kappa shape index (κ1) is 35.1. The van der Waals surface area contributed by atoms with E-state index in [4.69, 9.17) is 32.7 Å². The van der Waals surface area contributed by atoms with Crippen molar-refractivity contribution >= 4 is 70.1 Å². The fourth-order valence-corrected chi connectivity index (χ4v) is 6.07. The average Bonchev–Trinajstić information content (AvgIpc) is 3.13. The van der Waals surface area contributed by atoms with E-state index in [1.165, 1.54) is 32.1 Å². The number of methoxy groups -OCH3 is 2. The van der Waals surface area contributed by atoms with Crippen LogP contribution >= 0.6 is 35.0 Å². The molecule has 5 rings (SSSR count). The van der Waals surface area contributed by atoms with Gasteiger partial charge in [-0.3, -0.25) is 14.4 Å². The van der Waals surface area contributed by atoms with Crippen molar-refractivity contribution in [1.82, 2.24) is 5.32 Å². The van der Waals surface area contributed by atoms with E-state index in [1.807, 2.05) is 30.3 Å². The van der Waals surface area contributed by atoms with Gasteiger partial charge in [0.2, 0.25) is 5.91 Å². The third kappa shape index (κ3) is 9.23.